The van der Waals surface area contributed by atoms with Gasteiger partial charge in [-0.3, -0.25) is 0 Å². The lowest BCUT2D eigenvalue weighted by Crippen LogP contribution is -2.34. The van der Waals surface area contributed by atoms with Crippen LogP contribution in [-0.2, 0) is 9.47 Å². The maximum atomic E-state index is 13.3. The summed E-state index contributed by atoms with van der Waals surface area (Å²) in [5, 5.41) is 5.24. The van der Waals surface area contributed by atoms with Crippen molar-refractivity contribution in [2.24, 2.45) is 5.41 Å². The molecule has 2 N–H and O–H groups in total. The number of nitrogens with one attached hydrogen (secondary N) is 2. The number of rotatable bonds is 10. The van der Waals surface area contributed by atoms with Crippen LogP contribution in [-0.4, -0.2) is 45.2 Å². The van der Waals surface area contributed by atoms with Crippen LogP contribution in [0.1, 0.15) is 18.4 Å². The van der Waals surface area contributed by atoms with E-state index in [1.165, 1.54) is 12.1 Å². The number of hydrogen-bond acceptors (Lipinski definition) is 5. The Hall–Kier alpha value is -2.49. The summed E-state index contributed by atoms with van der Waals surface area (Å²) in [6, 6.07) is 4.23. The van der Waals surface area contributed by atoms with E-state index in [4.69, 9.17) is 9.47 Å². The molecule has 1 fully saturated rings. The smallest absolute Gasteiger partial charge is 0.407 e. The molecule has 0 radical (unpaired) electrons. The fourth-order valence-corrected chi connectivity index (χ4v) is 2.48. The molecule has 10 heteroatoms. The third kappa shape index (κ3) is 5.28. The molecule has 2 aliphatic rings. The number of carbonyl (C=O) groups excluding carboxylic acids is 1. The van der Waals surface area contributed by atoms with E-state index in [1.54, 1.807) is 12.3 Å². The number of halogens is 4. The molecule has 0 unspecified atom stereocenters. The van der Waals surface area contributed by atoms with Gasteiger partial charge in [-0.05, 0) is 25.0 Å². The maximum Gasteiger partial charge on any atom is 0.407 e. The minimum Gasteiger partial charge on any atom is -0.490 e. The molecule has 154 valence electrons. The largest absolute Gasteiger partial charge is 0.490 e. The fourth-order valence-electron chi connectivity index (χ4n) is 2.48. The zero-order valence-corrected chi connectivity index (χ0v) is 14.9. The molecular weight excluding hydrogens is 384 g/mol. The molecule has 0 aromatic heterocycles. The average Bonchev–Trinajstić information content (AvgIpc) is 3.52. The summed E-state index contributed by atoms with van der Waals surface area (Å²) < 4.78 is 66.9. The van der Waals surface area contributed by atoms with Crippen LogP contribution in [0, 0.1) is 11.2 Å². The molecule has 1 heterocycles. The van der Waals surface area contributed by atoms with Gasteiger partial charge in [0.05, 0.1) is 18.9 Å². The molecule has 0 atom stereocenters. The molecule has 3 rings (SSSR count). The molecule has 6 nitrogen and oxygen atoms in total. The van der Waals surface area contributed by atoms with Crippen LogP contribution < -0.4 is 15.4 Å². The summed E-state index contributed by atoms with van der Waals surface area (Å²) >= 11 is 0. The van der Waals surface area contributed by atoms with Crippen molar-refractivity contribution < 1.29 is 36.6 Å². The topological polar surface area (TPSA) is 78.7 Å². The SMILES string of the molecule is O=C(NCCOCCOc1cc(F)ccc1C1=CN1)OCC1(C(F)(F)F)CC1. The van der Waals surface area contributed by atoms with Crippen LogP contribution in [0.25, 0.3) is 5.70 Å². The quantitative estimate of drug-likeness (QED) is 0.463. The predicted octanol–water partition coefficient (Wildman–Crippen LogP) is 3.19. The second-order valence-corrected chi connectivity index (χ2v) is 6.58. The van der Waals surface area contributed by atoms with Crippen molar-refractivity contribution in [2.45, 2.75) is 19.0 Å². The Bertz CT molecular complexity index is 748. The normalized spacial score (nSPS) is 16.6. The number of alkyl carbamates (subject to hydrolysis) is 1. The lowest BCUT2D eigenvalue weighted by Gasteiger charge is -2.18. The summed E-state index contributed by atoms with van der Waals surface area (Å²) in [4.78, 5) is 11.4. The fraction of sp³-hybridized carbons (Fsp3) is 0.500. The van der Waals surface area contributed by atoms with Crippen molar-refractivity contribution in [3.63, 3.8) is 0 Å². The molecule has 1 aliphatic heterocycles. The van der Waals surface area contributed by atoms with Gasteiger partial charge < -0.3 is 24.8 Å². The van der Waals surface area contributed by atoms with E-state index in [1.807, 2.05) is 0 Å². The van der Waals surface area contributed by atoms with Crippen molar-refractivity contribution in [1.29, 1.82) is 0 Å². The van der Waals surface area contributed by atoms with Crippen LogP contribution >= 0.6 is 0 Å². The molecule has 0 bridgehead atoms. The monoisotopic (exact) mass is 404 g/mol. The Kier molecular flexibility index (Phi) is 5.97. The molecular formula is C18H20F4N2O4. The van der Waals surface area contributed by atoms with E-state index in [2.05, 4.69) is 15.4 Å². The lowest BCUT2D eigenvalue weighted by atomic mass is 10.1. The van der Waals surface area contributed by atoms with Crippen molar-refractivity contribution >= 4 is 11.8 Å². The van der Waals surface area contributed by atoms with E-state index in [0.29, 0.717) is 5.75 Å². The Morgan fingerprint density at radius 3 is 2.61 bits per heavy atom. The highest BCUT2D eigenvalue weighted by Gasteiger charge is 2.64. The van der Waals surface area contributed by atoms with Gasteiger partial charge in [-0.2, -0.15) is 13.2 Å². The van der Waals surface area contributed by atoms with Gasteiger partial charge in [0.2, 0.25) is 0 Å². The Balaban J connectivity index is 1.25. The predicted molar refractivity (Wildman–Crippen MR) is 90.9 cm³/mol. The molecule has 28 heavy (non-hydrogen) atoms. The van der Waals surface area contributed by atoms with Crippen molar-refractivity contribution in [3.05, 3.63) is 35.8 Å². The van der Waals surface area contributed by atoms with Crippen LogP contribution in [0.5, 0.6) is 5.75 Å². The van der Waals surface area contributed by atoms with E-state index >= 15 is 0 Å². The third-order valence-corrected chi connectivity index (χ3v) is 4.46. The third-order valence-electron chi connectivity index (χ3n) is 4.46. The molecule has 0 spiro atoms. The van der Waals surface area contributed by atoms with Crippen molar-refractivity contribution in [3.8, 4) is 5.75 Å². The summed E-state index contributed by atoms with van der Waals surface area (Å²) in [5.74, 6) is -0.0256. The summed E-state index contributed by atoms with van der Waals surface area (Å²) in [6.45, 7) is -0.0949. The van der Waals surface area contributed by atoms with Gasteiger partial charge in [-0.15, -0.1) is 0 Å². The molecule has 1 saturated carbocycles. The van der Waals surface area contributed by atoms with Gasteiger partial charge in [-0.1, -0.05) is 0 Å². The van der Waals surface area contributed by atoms with Gasteiger partial charge in [-0.25, -0.2) is 9.18 Å². The summed E-state index contributed by atoms with van der Waals surface area (Å²) in [7, 11) is 0. The molecule has 0 saturated heterocycles. The van der Waals surface area contributed by atoms with Crippen LogP contribution in [0.15, 0.2) is 24.4 Å². The van der Waals surface area contributed by atoms with Crippen LogP contribution in [0.4, 0.5) is 22.4 Å². The molecule has 1 aromatic carbocycles. The van der Waals surface area contributed by atoms with Crippen LogP contribution in [0.2, 0.25) is 0 Å². The van der Waals surface area contributed by atoms with Gasteiger partial charge in [0.1, 0.15) is 30.2 Å². The maximum absolute atomic E-state index is 13.3. The first-order valence-electron chi connectivity index (χ1n) is 8.75. The average molecular weight is 404 g/mol. The first-order valence-corrected chi connectivity index (χ1v) is 8.75. The lowest BCUT2D eigenvalue weighted by molar-refractivity contribution is -0.196. The first-order chi connectivity index (χ1) is 13.3. The van der Waals surface area contributed by atoms with Crippen LogP contribution in [0.3, 0.4) is 0 Å². The second kappa shape index (κ2) is 8.26. The standard InChI is InChI=1S/C18H20F4N2O4/c19-12-1-2-13(14-10-24-14)15(9-12)27-8-7-26-6-5-23-16(25)28-11-17(3-4-17)18(20,21)22/h1-2,9-10,24H,3-8,11H2,(H,23,25). The van der Waals surface area contributed by atoms with Gasteiger partial charge in [0.25, 0.3) is 0 Å². The number of alkyl halides is 3. The Morgan fingerprint density at radius 2 is 1.96 bits per heavy atom. The number of amides is 1. The van der Waals surface area contributed by atoms with Crippen molar-refractivity contribution in [1.82, 2.24) is 10.6 Å². The Labute approximate surface area is 158 Å². The van der Waals surface area contributed by atoms with E-state index < -0.39 is 30.1 Å². The van der Waals surface area contributed by atoms with Crippen molar-refractivity contribution in [2.75, 3.05) is 33.0 Å². The molecule has 1 aromatic rings. The summed E-state index contributed by atoms with van der Waals surface area (Å²) in [6.07, 6.45) is -3.55. The zero-order valence-electron chi connectivity index (χ0n) is 14.9. The minimum atomic E-state index is -4.36. The van der Waals surface area contributed by atoms with Gasteiger partial charge in [0.15, 0.2) is 0 Å². The molecule has 1 aliphatic carbocycles. The summed E-state index contributed by atoms with van der Waals surface area (Å²) in [5.41, 5.74) is -0.268. The van der Waals surface area contributed by atoms with Gasteiger partial charge >= 0.3 is 12.3 Å². The highest BCUT2D eigenvalue weighted by atomic mass is 19.4. The second-order valence-electron chi connectivity index (χ2n) is 6.58. The first kappa shape index (κ1) is 20.2. The number of ether oxygens (including phenoxy) is 3. The zero-order chi connectivity index (χ0) is 20.2. The highest BCUT2D eigenvalue weighted by Crippen LogP contribution is 2.57. The number of carbonyl (C=O) groups is 1. The van der Waals surface area contributed by atoms with E-state index in [0.717, 1.165) is 11.3 Å². The number of benzene rings is 1. The van der Waals surface area contributed by atoms with Gasteiger partial charge in [0, 0.05) is 24.4 Å². The van der Waals surface area contributed by atoms with E-state index in [-0.39, 0.29) is 39.2 Å². The highest BCUT2D eigenvalue weighted by molar-refractivity contribution is 5.77. The minimum absolute atomic E-state index is 0.0206. The molecule has 1 amide bonds. The number of hydrogen-bond donors (Lipinski definition) is 2. The Morgan fingerprint density at radius 1 is 1.21 bits per heavy atom. The van der Waals surface area contributed by atoms with E-state index in [9.17, 15) is 22.4 Å².